The maximum atomic E-state index is 11.2. The fourth-order valence-corrected chi connectivity index (χ4v) is 1.44. The third kappa shape index (κ3) is 3.79. The largest absolute Gasteiger partial charge is 0.384 e. The van der Waals surface area contributed by atoms with Gasteiger partial charge in [-0.25, -0.2) is 4.68 Å². The Bertz CT molecular complexity index is 375. The lowest BCUT2D eigenvalue weighted by atomic mass is 10.2. The molecule has 7 heteroatoms. The van der Waals surface area contributed by atoms with Crippen molar-refractivity contribution in [2.24, 2.45) is 5.73 Å². The number of carbonyl (C=O) groups is 1. The Balaban J connectivity index is 2.84. The molecule has 0 atom stereocenters. The molecule has 0 unspecified atom stereocenters. The zero-order valence-electron chi connectivity index (χ0n) is 10.5. The van der Waals surface area contributed by atoms with Crippen molar-refractivity contribution in [2.75, 3.05) is 34.4 Å². The average Bonchev–Trinajstić information content (AvgIpc) is 2.66. The van der Waals surface area contributed by atoms with Gasteiger partial charge in [-0.2, -0.15) is 0 Å². The topological polar surface area (TPSA) is 86.3 Å². The van der Waals surface area contributed by atoms with Crippen LogP contribution in [0.3, 0.4) is 0 Å². The second kappa shape index (κ2) is 6.31. The zero-order chi connectivity index (χ0) is 12.8. The molecule has 0 aliphatic heterocycles. The summed E-state index contributed by atoms with van der Waals surface area (Å²) in [6, 6.07) is 0. The van der Waals surface area contributed by atoms with E-state index in [0.717, 1.165) is 12.2 Å². The highest BCUT2D eigenvalue weighted by molar-refractivity contribution is 5.91. The van der Waals surface area contributed by atoms with Crippen molar-refractivity contribution in [3.8, 4) is 0 Å². The molecule has 7 nitrogen and oxygen atoms in total. The van der Waals surface area contributed by atoms with Gasteiger partial charge >= 0.3 is 0 Å². The van der Waals surface area contributed by atoms with E-state index in [4.69, 9.17) is 10.5 Å². The fourth-order valence-electron chi connectivity index (χ4n) is 1.44. The van der Waals surface area contributed by atoms with E-state index < -0.39 is 5.91 Å². The van der Waals surface area contributed by atoms with Crippen molar-refractivity contribution in [2.45, 2.75) is 13.0 Å². The maximum Gasteiger partial charge on any atom is 0.271 e. The molecule has 0 radical (unpaired) electrons. The van der Waals surface area contributed by atoms with Crippen molar-refractivity contribution in [3.63, 3.8) is 0 Å². The van der Waals surface area contributed by atoms with Gasteiger partial charge in [-0.15, -0.1) is 5.10 Å². The quantitative estimate of drug-likeness (QED) is 0.670. The minimum absolute atomic E-state index is 0.237. The highest BCUT2D eigenvalue weighted by Gasteiger charge is 2.16. The molecule has 0 saturated carbocycles. The molecule has 1 amide bonds. The molecule has 17 heavy (non-hydrogen) atoms. The molecule has 1 aromatic heterocycles. The summed E-state index contributed by atoms with van der Waals surface area (Å²) >= 11 is 0. The summed E-state index contributed by atoms with van der Waals surface area (Å²) in [6.07, 6.45) is 0.579. The molecule has 2 N–H and O–H groups in total. The summed E-state index contributed by atoms with van der Waals surface area (Å²) in [6.45, 7) is 2.00. The number of nitrogens with zero attached hydrogens (tertiary/aromatic N) is 4. The predicted octanol–water partition coefficient (Wildman–Crippen LogP) is -0.872. The lowest BCUT2D eigenvalue weighted by Crippen LogP contribution is -2.22. The Labute approximate surface area is 101 Å². The lowest BCUT2D eigenvalue weighted by molar-refractivity contribution is 0.0994. The molecule has 0 aliphatic rings. The second-order valence-corrected chi connectivity index (χ2v) is 4.02. The van der Waals surface area contributed by atoms with Crippen LogP contribution in [0.25, 0.3) is 0 Å². The first-order chi connectivity index (χ1) is 8.06. The van der Waals surface area contributed by atoms with Gasteiger partial charge in [0.05, 0.1) is 18.8 Å². The number of hydrogen-bond donors (Lipinski definition) is 1. The maximum absolute atomic E-state index is 11.2. The van der Waals surface area contributed by atoms with Gasteiger partial charge in [0.25, 0.3) is 5.91 Å². The average molecular weight is 241 g/mol. The normalized spacial score (nSPS) is 11.1. The highest BCUT2D eigenvalue weighted by Crippen LogP contribution is 2.06. The van der Waals surface area contributed by atoms with Crippen LogP contribution in [0, 0.1) is 0 Å². The smallest absolute Gasteiger partial charge is 0.271 e. The van der Waals surface area contributed by atoms with Crippen LogP contribution in [-0.2, 0) is 17.7 Å². The summed E-state index contributed by atoms with van der Waals surface area (Å²) in [7, 11) is 5.55. The molecule has 1 heterocycles. The van der Waals surface area contributed by atoms with Crippen LogP contribution in [0.4, 0.5) is 0 Å². The molecular weight excluding hydrogens is 222 g/mol. The first kappa shape index (κ1) is 13.6. The molecule has 0 fully saturated rings. The molecule has 0 aliphatic carbocycles. The lowest BCUT2D eigenvalue weighted by Gasteiger charge is -2.11. The van der Waals surface area contributed by atoms with E-state index in [1.807, 2.05) is 19.0 Å². The van der Waals surface area contributed by atoms with Gasteiger partial charge < -0.3 is 15.4 Å². The number of carbonyl (C=O) groups excluding carboxylic acids is 1. The number of hydrogen-bond acceptors (Lipinski definition) is 5. The minimum Gasteiger partial charge on any atom is -0.384 e. The predicted molar refractivity (Wildman–Crippen MR) is 62.7 cm³/mol. The number of primary amides is 1. The Morgan fingerprint density at radius 3 is 2.76 bits per heavy atom. The van der Waals surface area contributed by atoms with Gasteiger partial charge in [-0.3, -0.25) is 4.79 Å². The number of amides is 1. The Kier molecular flexibility index (Phi) is 5.05. The summed E-state index contributed by atoms with van der Waals surface area (Å²) in [4.78, 5) is 13.2. The van der Waals surface area contributed by atoms with E-state index in [0.29, 0.717) is 19.6 Å². The van der Waals surface area contributed by atoms with Crippen molar-refractivity contribution >= 4 is 5.91 Å². The standard InChI is InChI=1S/C10H19N5O2/c1-14(2)5-6-15-8(4-7-17-3)9(10(11)16)12-13-15/h4-7H2,1-3H3,(H2,11,16). The van der Waals surface area contributed by atoms with Crippen LogP contribution < -0.4 is 5.73 Å². The SMILES string of the molecule is COCCc1c(C(N)=O)nnn1CCN(C)C. The number of ether oxygens (including phenoxy) is 1. The number of methoxy groups -OCH3 is 1. The van der Waals surface area contributed by atoms with Crippen LogP contribution in [0.1, 0.15) is 16.2 Å². The summed E-state index contributed by atoms with van der Waals surface area (Å²) in [5.41, 5.74) is 6.22. The van der Waals surface area contributed by atoms with Crippen molar-refractivity contribution in [1.29, 1.82) is 0 Å². The summed E-state index contributed by atoms with van der Waals surface area (Å²) in [5.74, 6) is -0.549. The van der Waals surface area contributed by atoms with E-state index in [1.165, 1.54) is 0 Å². The Morgan fingerprint density at radius 1 is 1.53 bits per heavy atom. The van der Waals surface area contributed by atoms with Crippen molar-refractivity contribution in [1.82, 2.24) is 19.9 Å². The third-order valence-corrected chi connectivity index (χ3v) is 2.37. The first-order valence-electron chi connectivity index (χ1n) is 5.42. The van der Waals surface area contributed by atoms with Gasteiger partial charge in [0.1, 0.15) is 0 Å². The van der Waals surface area contributed by atoms with E-state index in [2.05, 4.69) is 10.3 Å². The van der Waals surface area contributed by atoms with Gasteiger partial charge in [0.15, 0.2) is 5.69 Å². The summed E-state index contributed by atoms with van der Waals surface area (Å²) < 4.78 is 6.71. The summed E-state index contributed by atoms with van der Waals surface area (Å²) in [5, 5.41) is 7.76. The van der Waals surface area contributed by atoms with Crippen LogP contribution in [0.2, 0.25) is 0 Å². The van der Waals surface area contributed by atoms with E-state index in [1.54, 1.807) is 11.8 Å². The van der Waals surface area contributed by atoms with Gasteiger partial charge in [-0.05, 0) is 14.1 Å². The fraction of sp³-hybridized carbons (Fsp3) is 0.700. The number of rotatable bonds is 7. The van der Waals surface area contributed by atoms with Crippen molar-refractivity contribution < 1.29 is 9.53 Å². The molecule has 96 valence electrons. The van der Waals surface area contributed by atoms with E-state index in [-0.39, 0.29) is 5.69 Å². The second-order valence-electron chi connectivity index (χ2n) is 4.02. The number of likely N-dealkylation sites (N-methyl/N-ethyl adjacent to an activating group) is 1. The molecule has 0 spiro atoms. The monoisotopic (exact) mass is 241 g/mol. The Morgan fingerprint density at radius 2 is 2.24 bits per heavy atom. The first-order valence-corrected chi connectivity index (χ1v) is 5.42. The highest BCUT2D eigenvalue weighted by atomic mass is 16.5. The molecule has 0 aromatic carbocycles. The third-order valence-electron chi connectivity index (χ3n) is 2.37. The van der Waals surface area contributed by atoms with Crippen LogP contribution in [-0.4, -0.2) is 60.2 Å². The van der Waals surface area contributed by atoms with Crippen LogP contribution in [0.15, 0.2) is 0 Å². The van der Waals surface area contributed by atoms with Gasteiger partial charge in [0.2, 0.25) is 0 Å². The van der Waals surface area contributed by atoms with E-state index >= 15 is 0 Å². The molecule has 1 rings (SSSR count). The Hall–Kier alpha value is -1.47. The number of aromatic nitrogens is 3. The van der Waals surface area contributed by atoms with Gasteiger partial charge in [-0.1, -0.05) is 5.21 Å². The number of nitrogens with two attached hydrogens (primary N) is 1. The van der Waals surface area contributed by atoms with Crippen LogP contribution in [0.5, 0.6) is 0 Å². The molecule has 0 bridgehead atoms. The molecule has 1 aromatic rings. The molecular formula is C10H19N5O2. The minimum atomic E-state index is -0.549. The molecule has 0 saturated heterocycles. The van der Waals surface area contributed by atoms with Crippen LogP contribution >= 0.6 is 0 Å². The zero-order valence-corrected chi connectivity index (χ0v) is 10.5. The van der Waals surface area contributed by atoms with E-state index in [9.17, 15) is 4.79 Å². The van der Waals surface area contributed by atoms with Gasteiger partial charge in [0, 0.05) is 20.1 Å². The van der Waals surface area contributed by atoms with Crippen molar-refractivity contribution in [3.05, 3.63) is 11.4 Å².